The number of aryl methyl sites for hydroxylation is 1. The van der Waals surface area contributed by atoms with Crippen LogP contribution in [0.1, 0.15) is 81.5 Å². The second-order valence-corrected chi connectivity index (χ2v) is 12.1. The van der Waals surface area contributed by atoms with Crippen LogP contribution in [0.25, 0.3) is 0 Å². The summed E-state index contributed by atoms with van der Waals surface area (Å²) >= 11 is 0. The van der Waals surface area contributed by atoms with Crippen molar-refractivity contribution in [3.05, 3.63) is 107 Å². The number of benzene rings is 3. The summed E-state index contributed by atoms with van der Waals surface area (Å²) in [5.74, 6) is -0.679. The first kappa shape index (κ1) is 29.5. The molecule has 0 saturated heterocycles. The van der Waals surface area contributed by atoms with E-state index in [9.17, 15) is 14.0 Å². The zero-order valence-electron chi connectivity index (χ0n) is 24.2. The van der Waals surface area contributed by atoms with Crippen LogP contribution in [-0.2, 0) is 34.4 Å². The number of halogens is 1. The smallest absolute Gasteiger partial charge is 0.243 e. The fourth-order valence-corrected chi connectivity index (χ4v) is 5.47. The van der Waals surface area contributed by atoms with Crippen molar-refractivity contribution in [1.29, 1.82) is 0 Å². The zero-order chi connectivity index (χ0) is 28.5. The van der Waals surface area contributed by atoms with Crippen LogP contribution < -0.4 is 5.32 Å². The Balaban J connectivity index is 1.59. The van der Waals surface area contributed by atoms with E-state index in [0.717, 1.165) is 36.8 Å². The second kappa shape index (κ2) is 13.7. The quantitative estimate of drug-likeness (QED) is 0.296. The summed E-state index contributed by atoms with van der Waals surface area (Å²) in [6.45, 7) is 6.58. The van der Waals surface area contributed by atoms with Gasteiger partial charge in [0, 0.05) is 31.0 Å². The molecule has 1 N–H and O–H groups in total. The number of nitrogens with zero attached hydrogens (tertiary/aromatic N) is 1. The van der Waals surface area contributed by atoms with Crippen molar-refractivity contribution in [2.45, 2.75) is 96.2 Å². The molecule has 1 aliphatic rings. The molecule has 0 radical (unpaired) electrons. The van der Waals surface area contributed by atoms with Gasteiger partial charge in [-0.3, -0.25) is 9.59 Å². The maximum Gasteiger partial charge on any atom is 0.243 e. The van der Waals surface area contributed by atoms with E-state index in [1.54, 1.807) is 23.1 Å². The van der Waals surface area contributed by atoms with Gasteiger partial charge in [-0.05, 0) is 47.4 Å². The summed E-state index contributed by atoms with van der Waals surface area (Å²) in [5.41, 5.74) is 3.75. The maximum absolute atomic E-state index is 14.8. The Labute approximate surface area is 239 Å². The Morgan fingerprint density at radius 2 is 1.52 bits per heavy atom. The van der Waals surface area contributed by atoms with E-state index in [1.165, 1.54) is 18.1 Å². The third kappa shape index (κ3) is 8.27. The third-order valence-corrected chi connectivity index (χ3v) is 7.97. The lowest BCUT2D eigenvalue weighted by atomic mass is 9.86. The van der Waals surface area contributed by atoms with Gasteiger partial charge in [-0.25, -0.2) is 4.39 Å². The van der Waals surface area contributed by atoms with Gasteiger partial charge in [0.05, 0.1) is 0 Å². The van der Waals surface area contributed by atoms with Gasteiger partial charge in [-0.1, -0.05) is 113 Å². The standard InChI is InChI=1S/C35H43FN2O2/c1-35(2,3)29-21-18-26(19-22-29)20-23-33(39)38(25-28-14-10-11-17-31(28)36)32(24-27-12-6-4-7-13-27)34(40)37-30-15-8-5-9-16-30/h4,6-7,10-14,17-19,21-22,30,32H,5,8-9,15-16,20,23-25H2,1-3H3,(H,37,40)/t32-/m0/s1. The molecular weight excluding hydrogens is 499 g/mol. The fourth-order valence-electron chi connectivity index (χ4n) is 5.47. The summed E-state index contributed by atoms with van der Waals surface area (Å²) in [7, 11) is 0. The molecule has 1 fully saturated rings. The van der Waals surface area contributed by atoms with Crippen molar-refractivity contribution < 1.29 is 14.0 Å². The van der Waals surface area contributed by atoms with Gasteiger partial charge in [0.15, 0.2) is 0 Å². The minimum Gasteiger partial charge on any atom is -0.352 e. The van der Waals surface area contributed by atoms with E-state index >= 15 is 0 Å². The van der Waals surface area contributed by atoms with E-state index < -0.39 is 6.04 Å². The molecule has 1 saturated carbocycles. The Kier molecular flexibility index (Phi) is 10.1. The van der Waals surface area contributed by atoms with Gasteiger partial charge >= 0.3 is 0 Å². The molecule has 1 atom stereocenters. The Morgan fingerprint density at radius 1 is 0.875 bits per heavy atom. The average molecular weight is 543 g/mol. The normalized spacial score (nSPS) is 14.9. The van der Waals surface area contributed by atoms with Crippen molar-refractivity contribution in [1.82, 2.24) is 10.2 Å². The number of carbonyl (C=O) groups excluding carboxylic acids is 2. The second-order valence-electron chi connectivity index (χ2n) is 12.1. The molecular formula is C35H43FN2O2. The molecule has 0 bridgehead atoms. The largest absolute Gasteiger partial charge is 0.352 e. The molecule has 0 heterocycles. The molecule has 0 spiro atoms. The van der Waals surface area contributed by atoms with Crippen LogP contribution >= 0.6 is 0 Å². The highest BCUT2D eigenvalue weighted by Gasteiger charge is 2.32. The van der Waals surface area contributed by atoms with Crippen LogP contribution in [0.2, 0.25) is 0 Å². The van der Waals surface area contributed by atoms with Crippen LogP contribution in [-0.4, -0.2) is 28.8 Å². The molecule has 40 heavy (non-hydrogen) atoms. The minimum atomic E-state index is -0.736. The SMILES string of the molecule is CC(C)(C)c1ccc(CCC(=O)N(Cc2ccccc2F)[C@@H](Cc2ccccc2)C(=O)NC2CCCCC2)cc1. The van der Waals surface area contributed by atoms with E-state index in [1.807, 2.05) is 30.3 Å². The summed E-state index contributed by atoms with van der Waals surface area (Å²) in [5, 5.41) is 3.24. The fraction of sp³-hybridized carbons (Fsp3) is 0.429. The van der Waals surface area contributed by atoms with Gasteiger partial charge in [-0.2, -0.15) is 0 Å². The van der Waals surface area contributed by atoms with Crippen LogP contribution in [0.15, 0.2) is 78.9 Å². The molecule has 0 aromatic heterocycles. The molecule has 5 heteroatoms. The Hall–Kier alpha value is -3.47. The molecule has 212 valence electrons. The molecule has 3 aromatic rings. The van der Waals surface area contributed by atoms with Crippen molar-refractivity contribution in [2.24, 2.45) is 0 Å². The third-order valence-electron chi connectivity index (χ3n) is 7.97. The summed E-state index contributed by atoms with van der Waals surface area (Å²) in [6.07, 6.45) is 6.46. The van der Waals surface area contributed by atoms with Gasteiger partial charge < -0.3 is 10.2 Å². The Morgan fingerprint density at radius 3 is 2.17 bits per heavy atom. The van der Waals surface area contributed by atoms with Crippen LogP contribution in [0, 0.1) is 5.82 Å². The van der Waals surface area contributed by atoms with E-state index in [4.69, 9.17) is 0 Å². The first-order valence-corrected chi connectivity index (χ1v) is 14.7. The Bertz CT molecular complexity index is 1240. The molecule has 0 aliphatic heterocycles. The monoisotopic (exact) mass is 542 g/mol. The molecule has 2 amide bonds. The van der Waals surface area contributed by atoms with Gasteiger partial charge in [0.25, 0.3) is 0 Å². The van der Waals surface area contributed by atoms with Crippen molar-refractivity contribution in [3.63, 3.8) is 0 Å². The summed E-state index contributed by atoms with van der Waals surface area (Å²) < 4.78 is 14.8. The lowest BCUT2D eigenvalue weighted by Gasteiger charge is -2.33. The summed E-state index contributed by atoms with van der Waals surface area (Å²) in [4.78, 5) is 29.4. The van der Waals surface area contributed by atoms with Crippen LogP contribution in [0.5, 0.6) is 0 Å². The van der Waals surface area contributed by atoms with Gasteiger partial charge in [0.1, 0.15) is 11.9 Å². The zero-order valence-corrected chi connectivity index (χ0v) is 24.2. The number of nitrogens with one attached hydrogen (secondary N) is 1. The average Bonchev–Trinajstić information content (AvgIpc) is 2.95. The molecule has 1 aliphatic carbocycles. The molecule has 0 unspecified atom stereocenters. The number of hydrogen-bond acceptors (Lipinski definition) is 2. The van der Waals surface area contributed by atoms with E-state index in [-0.39, 0.29) is 42.1 Å². The highest BCUT2D eigenvalue weighted by molar-refractivity contribution is 5.88. The molecule has 3 aromatic carbocycles. The van der Waals surface area contributed by atoms with E-state index in [0.29, 0.717) is 18.4 Å². The van der Waals surface area contributed by atoms with Gasteiger partial charge in [-0.15, -0.1) is 0 Å². The van der Waals surface area contributed by atoms with Crippen molar-refractivity contribution in [3.8, 4) is 0 Å². The molecule has 4 rings (SSSR count). The lowest BCUT2D eigenvalue weighted by molar-refractivity contribution is -0.141. The topological polar surface area (TPSA) is 49.4 Å². The van der Waals surface area contributed by atoms with Crippen LogP contribution in [0.4, 0.5) is 4.39 Å². The number of hydrogen-bond donors (Lipinski definition) is 1. The lowest BCUT2D eigenvalue weighted by Crippen LogP contribution is -2.53. The number of carbonyl (C=O) groups is 2. The predicted molar refractivity (Wildman–Crippen MR) is 159 cm³/mol. The van der Waals surface area contributed by atoms with Crippen molar-refractivity contribution >= 4 is 11.8 Å². The minimum absolute atomic E-state index is 0.0457. The first-order chi connectivity index (χ1) is 19.2. The maximum atomic E-state index is 14.8. The summed E-state index contributed by atoms with van der Waals surface area (Å²) in [6, 6.07) is 24.0. The van der Waals surface area contributed by atoms with Crippen molar-refractivity contribution in [2.75, 3.05) is 0 Å². The highest BCUT2D eigenvalue weighted by Crippen LogP contribution is 2.24. The number of amides is 2. The molecule has 4 nitrogen and oxygen atoms in total. The predicted octanol–water partition coefficient (Wildman–Crippen LogP) is 7.14. The number of rotatable bonds is 10. The first-order valence-electron chi connectivity index (χ1n) is 14.7. The van der Waals surface area contributed by atoms with Gasteiger partial charge in [0.2, 0.25) is 11.8 Å². The van der Waals surface area contributed by atoms with E-state index in [2.05, 4.69) is 50.4 Å². The highest BCUT2D eigenvalue weighted by atomic mass is 19.1. The van der Waals surface area contributed by atoms with Crippen LogP contribution in [0.3, 0.4) is 0 Å².